The smallest absolute Gasteiger partial charge is 0.0654 e. The fourth-order valence-corrected chi connectivity index (χ4v) is 8.30. The molecule has 0 bridgehead atoms. The maximum atomic E-state index is 3.87. The fourth-order valence-electron chi connectivity index (χ4n) is 7.57. The van der Waals surface area contributed by atoms with Gasteiger partial charge < -0.3 is 0 Å². The topological polar surface area (TPSA) is 0 Å². The van der Waals surface area contributed by atoms with E-state index in [-0.39, 0.29) is 10.8 Å². The molecule has 0 amide bonds. The highest BCUT2D eigenvalue weighted by Gasteiger charge is 2.52. The Balaban J connectivity index is 1.66. The first-order valence-electron chi connectivity index (χ1n) is 15.7. The molecule has 6 rings (SSSR count). The first-order valence-corrected chi connectivity index (χ1v) is 17.3. The zero-order valence-electron chi connectivity index (χ0n) is 25.2. The molecule has 0 aliphatic heterocycles. The standard InChI is InChI=1S/C39H42Br2/c1-6-9-10-11-20-38(5,8-3)27-13-17-31-30-16-12-26(25(4)7-2)21-34(30)39(35(31)22-27)36-23-28(40)14-18-32(36)33-19-15-29(41)24-37(33)39/h12-19,21-25H,6-11,20H2,1-5H3. The van der Waals surface area contributed by atoms with Crippen molar-refractivity contribution in [3.63, 3.8) is 0 Å². The first-order chi connectivity index (χ1) is 19.8. The summed E-state index contributed by atoms with van der Waals surface area (Å²) in [6, 6.07) is 28.7. The summed E-state index contributed by atoms with van der Waals surface area (Å²) in [6.07, 6.45) is 8.77. The molecule has 0 nitrogen and oxygen atoms in total. The van der Waals surface area contributed by atoms with Crippen molar-refractivity contribution >= 4 is 31.9 Å². The van der Waals surface area contributed by atoms with Crippen LogP contribution in [0.1, 0.15) is 119 Å². The zero-order chi connectivity index (χ0) is 28.9. The normalized spacial score (nSPS) is 16.2. The van der Waals surface area contributed by atoms with E-state index in [1.165, 1.54) is 87.7 Å². The van der Waals surface area contributed by atoms with Crippen molar-refractivity contribution in [2.75, 3.05) is 0 Å². The highest BCUT2D eigenvalue weighted by Crippen LogP contribution is 2.64. The SMILES string of the molecule is CCCCCCC(C)(CC)c1ccc2c(c1)C1(c3cc(Br)ccc3-c3ccc(Br)cc31)c1cc(C(C)CC)ccc1-2. The third kappa shape index (κ3) is 4.51. The Bertz CT molecular complexity index is 1560. The number of benzene rings is 4. The van der Waals surface area contributed by atoms with E-state index in [2.05, 4.69) is 139 Å². The van der Waals surface area contributed by atoms with Crippen LogP contribution in [0.4, 0.5) is 0 Å². The number of hydrogen-bond acceptors (Lipinski definition) is 0. The molecule has 41 heavy (non-hydrogen) atoms. The second kappa shape index (κ2) is 11.2. The molecule has 4 aromatic rings. The Kier molecular flexibility index (Phi) is 7.88. The number of fused-ring (bicyclic) bond motifs is 10. The average Bonchev–Trinajstić information content (AvgIpc) is 3.44. The molecule has 0 aromatic heterocycles. The van der Waals surface area contributed by atoms with Crippen LogP contribution in [0, 0.1) is 0 Å². The Morgan fingerprint density at radius 1 is 0.659 bits per heavy atom. The summed E-state index contributed by atoms with van der Waals surface area (Å²) >= 11 is 7.75. The van der Waals surface area contributed by atoms with Crippen molar-refractivity contribution in [1.82, 2.24) is 0 Å². The van der Waals surface area contributed by atoms with Gasteiger partial charge in [0.05, 0.1) is 5.41 Å². The molecule has 0 fully saturated rings. The number of hydrogen-bond donors (Lipinski definition) is 0. The Morgan fingerprint density at radius 2 is 1.20 bits per heavy atom. The lowest BCUT2D eigenvalue weighted by molar-refractivity contribution is 0.395. The molecular formula is C39H42Br2. The van der Waals surface area contributed by atoms with Crippen molar-refractivity contribution in [3.8, 4) is 22.3 Å². The van der Waals surface area contributed by atoms with Crippen LogP contribution in [0.3, 0.4) is 0 Å². The van der Waals surface area contributed by atoms with Crippen LogP contribution >= 0.6 is 31.9 Å². The van der Waals surface area contributed by atoms with Crippen LogP contribution in [0.15, 0.2) is 81.7 Å². The van der Waals surface area contributed by atoms with Crippen molar-refractivity contribution in [2.45, 2.75) is 96.3 Å². The van der Waals surface area contributed by atoms with Crippen LogP contribution in [0.25, 0.3) is 22.3 Å². The molecule has 2 aliphatic carbocycles. The van der Waals surface area contributed by atoms with Gasteiger partial charge >= 0.3 is 0 Å². The molecular weight excluding hydrogens is 628 g/mol. The van der Waals surface area contributed by atoms with Crippen molar-refractivity contribution in [2.24, 2.45) is 0 Å². The van der Waals surface area contributed by atoms with Gasteiger partial charge in [0.25, 0.3) is 0 Å². The van der Waals surface area contributed by atoms with E-state index in [1.807, 2.05) is 0 Å². The van der Waals surface area contributed by atoms with Crippen molar-refractivity contribution in [1.29, 1.82) is 0 Å². The average molecular weight is 671 g/mol. The molecule has 2 atom stereocenters. The first kappa shape index (κ1) is 28.9. The Morgan fingerprint density at radius 3 is 1.76 bits per heavy atom. The molecule has 212 valence electrons. The van der Waals surface area contributed by atoms with Gasteiger partial charge in [-0.2, -0.15) is 0 Å². The van der Waals surface area contributed by atoms with Crippen LogP contribution in [-0.4, -0.2) is 0 Å². The quantitative estimate of drug-likeness (QED) is 0.134. The minimum Gasteiger partial charge on any atom is -0.0654 e. The van der Waals surface area contributed by atoms with E-state index in [1.54, 1.807) is 0 Å². The predicted octanol–water partition coefficient (Wildman–Crippen LogP) is 12.7. The maximum Gasteiger partial charge on any atom is 0.0726 e. The lowest BCUT2D eigenvalue weighted by atomic mass is 9.68. The van der Waals surface area contributed by atoms with E-state index < -0.39 is 0 Å². The molecule has 4 aromatic carbocycles. The summed E-state index contributed by atoms with van der Waals surface area (Å²) in [7, 11) is 0. The predicted molar refractivity (Wildman–Crippen MR) is 183 cm³/mol. The minimum atomic E-state index is -0.334. The lowest BCUT2D eigenvalue weighted by Gasteiger charge is -2.34. The van der Waals surface area contributed by atoms with Crippen molar-refractivity contribution in [3.05, 3.63) is 115 Å². The summed E-state index contributed by atoms with van der Waals surface area (Å²) in [5.74, 6) is 0.522. The summed E-state index contributed by atoms with van der Waals surface area (Å²) < 4.78 is 2.28. The number of rotatable bonds is 9. The van der Waals surface area contributed by atoms with Gasteiger partial charge in [0, 0.05) is 8.95 Å². The minimum absolute atomic E-state index is 0.166. The summed E-state index contributed by atoms with van der Waals surface area (Å²) in [4.78, 5) is 0. The van der Waals surface area contributed by atoms with Crippen molar-refractivity contribution < 1.29 is 0 Å². The second-order valence-electron chi connectivity index (χ2n) is 12.7. The van der Waals surface area contributed by atoms with E-state index >= 15 is 0 Å². The van der Waals surface area contributed by atoms with Gasteiger partial charge in [-0.15, -0.1) is 0 Å². The molecule has 0 saturated heterocycles. The highest BCUT2D eigenvalue weighted by atomic mass is 79.9. The molecule has 2 aliphatic rings. The van der Waals surface area contributed by atoms with Gasteiger partial charge in [-0.1, -0.05) is 141 Å². The van der Waals surface area contributed by atoms with Crippen LogP contribution in [0.2, 0.25) is 0 Å². The number of unbranched alkanes of at least 4 members (excludes halogenated alkanes) is 3. The van der Waals surface area contributed by atoms with Gasteiger partial charge in [0.2, 0.25) is 0 Å². The fraction of sp³-hybridized carbons (Fsp3) is 0.385. The Labute approximate surface area is 264 Å². The molecule has 0 radical (unpaired) electrons. The molecule has 2 unspecified atom stereocenters. The van der Waals surface area contributed by atoms with E-state index in [0.717, 1.165) is 21.8 Å². The van der Waals surface area contributed by atoms with Gasteiger partial charge in [0.1, 0.15) is 0 Å². The Hall–Kier alpha value is -2.16. The third-order valence-corrected chi connectivity index (χ3v) is 11.5. The van der Waals surface area contributed by atoms with Gasteiger partial charge in [0.15, 0.2) is 0 Å². The molecule has 0 saturated carbocycles. The van der Waals surface area contributed by atoms with Crippen LogP contribution in [-0.2, 0) is 10.8 Å². The van der Waals surface area contributed by atoms with Crippen LogP contribution < -0.4 is 0 Å². The molecule has 2 heteroatoms. The van der Waals surface area contributed by atoms with Gasteiger partial charge in [-0.25, -0.2) is 0 Å². The monoisotopic (exact) mass is 668 g/mol. The summed E-state index contributed by atoms with van der Waals surface area (Å²) in [6.45, 7) is 11.8. The van der Waals surface area contributed by atoms with Gasteiger partial charge in [-0.05, 0) is 110 Å². The lowest BCUT2D eigenvalue weighted by Crippen LogP contribution is -2.28. The zero-order valence-corrected chi connectivity index (χ0v) is 28.4. The van der Waals surface area contributed by atoms with E-state index in [4.69, 9.17) is 0 Å². The maximum absolute atomic E-state index is 3.87. The third-order valence-electron chi connectivity index (χ3n) is 10.5. The molecule has 0 N–H and O–H groups in total. The summed E-state index contributed by atoms with van der Waals surface area (Å²) in [5, 5.41) is 0. The molecule has 1 spiro atoms. The summed E-state index contributed by atoms with van der Waals surface area (Å²) in [5.41, 5.74) is 13.9. The van der Waals surface area contributed by atoms with E-state index in [0.29, 0.717) is 5.92 Å². The van der Waals surface area contributed by atoms with Gasteiger partial charge in [-0.3, -0.25) is 0 Å². The van der Waals surface area contributed by atoms with Crippen LogP contribution in [0.5, 0.6) is 0 Å². The molecule has 0 heterocycles. The highest BCUT2D eigenvalue weighted by molar-refractivity contribution is 9.10. The van der Waals surface area contributed by atoms with E-state index in [9.17, 15) is 0 Å². The largest absolute Gasteiger partial charge is 0.0726 e. The number of halogens is 2. The second-order valence-corrected chi connectivity index (χ2v) is 14.6.